The van der Waals surface area contributed by atoms with E-state index in [-0.39, 0.29) is 5.91 Å². The Balaban J connectivity index is 2.11. The SMILES string of the molecule is NCC1(C(=O)Nc2cccc(C(N)=O)c2)CC1. The maximum absolute atomic E-state index is 11.9. The summed E-state index contributed by atoms with van der Waals surface area (Å²) in [6.45, 7) is 0.355. The van der Waals surface area contributed by atoms with Crippen LogP contribution in [0.1, 0.15) is 23.2 Å². The number of rotatable bonds is 4. The molecule has 0 aromatic heterocycles. The first-order chi connectivity index (χ1) is 8.07. The van der Waals surface area contributed by atoms with Gasteiger partial charge in [0.15, 0.2) is 0 Å². The number of carbonyl (C=O) groups is 2. The summed E-state index contributed by atoms with van der Waals surface area (Å²) in [6, 6.07) is 6.56. The Morgan fingerprint density at radius 1 is 1.35 bits per heavy atom. The molecule has 0 unspecified atom stereocenters. The molecule has 1 aromatic rings. The van der Waals surface area contributed by atoms with E-state index in [1.54, 1.807) is 24.3 Å². The lowest BCUT2D eigenvalue weighted by Gasteiger charge is -2.13. The zero-order valence-corrected chi connectivity index (χ0v) is 9.40. The molecule has 2 amide bonds. The van der Waals surface area contributed by atoms with Crippen LogP contribution >= 0.6 is 0 Å². The molecule has 0 saturated heterocycles. The maximum atomic E-state index is 11.9. The summed E-state index contributed by atoms with van der Waals surface area (Å²) >= 11 is 0. The molecule has 1 aliphatic rings. The number of nitrogens with two attached hydrogens (primary N) is 2. The van der Waals surface area contributed by atoms with Crippen molar-refractivity contribution in [3.8, 4) is 0 Å². The summed E-state index contributed by atoms with van der Waals surface area (Å²) in [5, 5.41) is 2.76. The topological polar surface area (TPSA) is 98.2 Å². The van der Waals surface area contributed by atoms with Gasteiger partial charge < -0.3 is 16.8 Å². The number of carbonyl (C=O) groups excluding carboxylic acids is 2. The fourth-order valence-corrected chi connectivity index (χ4v) is 1.69. The number of amides is 2. The molecule has 5 heteroatoms. The van der Waals surface area contributed by atoms with E-state index < -0.39 is 11.3 Å². The van der Waals surface area contributed by atoms with Crippen LogP contribution in [0.5, 0.6) is 0 Å². The van der Waals surface area contributed by atoms with Gasteiger partial charge in [0.1, 0.15) is 0 Å². The largest absolute Gasteiger partial charge is 0.366 e. The van der Waals surface area contributed by atoms with Gasteiger partial charge in [-0.25, -0.2) is 0 Å². The molecular weight excluding hydrogens is 218 g/mol. The summed E-state index contributed by atoms with van der Waals surface area (Å²) in [7, 11) is 0. The minimum atomic E-state index is -0.513. The van der Waals surface area contributed by atoms with Crippen molar-refractivity contribution in [2.45, 2.75) is 12.8 Å². The van der Waals surface area contributed by atoms with Crippen molar-refractivity contribution in [2.75, 3.05) is 11.9 Å². The average molecular weight is 233 g/mol. The third-order valence-corrected chi connectivity index (χ3v) is 3.13. The molecule has 0 aliphatic heterocycles. The smallest absolute Gasteiger partial charge is 0.248 e. The van der Waals surface area contributed by atoms with Gasteiger partial charge >= 0.3 is 0 Å². The average Bonchev–Trinajstić information content (AvgIpc) is 3.10. The van der Waals surface area contributed by atoms with E-state index in [0.717, 1.165) is 12.8 Å². The lowest BCUT2D eigenvalue weighted by molar-refractivity contribution is -0.120. The second kappa shape index (κ2) is 4.18. The van der Waals surface area contributed by atoms with E-state index in [2.05, 4.69) is 5.32 Å². The van der Waals surface area contributed by atoms with Crippen molar-refractivity contribution in [2.24, 2.45) is 16.9 Å². The fraction of sp³-hybridized carbons (Fsp3) is 0.333. The number of primary amides is 1. The predicted octanol–water partition coefficient (Wildman–Crippen LogP) is 0.463. The van der Waals surface area contributed by atoms with Gasteiger partial charge in [0, 0.05) is 17.8 Å². The van der Waals surface area contributed by atoms with Gasteiger partial charge in [-0.05, 0) is 31.0 Å². The molecule has 1 fully saturated rings. The Labute approximate surface area is 99.2 Å². The molecule has 0 atom stereocenters. The van der Waals surface area contributed by atoms with E-state index in [0.29, 0.717) is 17.8 Å². The summed E-state index contributed by atoms with van der Waals surface area (Å²) in [6.07, 6.45) is 1.65. The van der Waals surface area contributed by atoms with Crippen LogP contribution in [0.25, 0.3) is 0 Å². The Morgan fingerprint density at radius 3 is 2.59 bits per heavy atom. The first-order valence-electron chi connectivity index (χ1n) is 5.49. The molecule has 0 spiro atoms. The number of hydrogen-bond donors (Lipinski definition) is 3. The Kier molecular flexibility index (Phi) is 2.85. The van der Waals surface area contributed by atoms with Gasteiger partial charge in [0.2, 0.25) is 11.8 Å². The van der Waals surface area contributed by atoms with E-state index in [9.17, 15) is 9.59 Å². The highest BCUT2D eigenvalue weighted by Crippen LogP contribution is 2.45. The van der Waals surface area contributed by atoms with Crippen molar-refractivity contribution in [3.63, 3.8) is 0 Å². The van der Waals surface area contributed by atoms with Crippen LogP contribution in [0, 0.1) is 5.41 Å². The van der Waals surface area contributed by atoms with E-state index in [1.807, 2.05) is 0 Å². The van der Waals surface area contributed by atoms with E-state index in [4.69, 9.17) is 11.5 Å². The quantitative estimate of drug-likeness (QED) is 0.704. The van der Waals surface area contributed by atoms with Gasteiger partial charge in [0.25, 0.3) is 0 Å². The van der Waals surface area contributed by atoms with Crippen LogP contribution in [0.3, 0.4) is 0 Å². The molecule has 0 heterocycles. The molecule has 17 heavy (non-hydrogen) atoms. The molecule has 5 nitrogen and oxygen atoms in total. The second-order valence-electron chi connectivity index (χ2n) is 4.38. The zero-order chi connectivity index (χ0) is 12.5. The van der Waals surface area contributed by atoms with Crippen LogP contribution in [-0.2, 0) is 4.79 Å². The molecular formula is C12H15N3O2. The fourth-order valence-electron chi connectivity index (χ4n) is 1.69. The van der Waals surface area contributed by atoms with Gasteiger partial charge in [-0.3, -0.25) is 9.59 Å². The third-order valence-electron chi connectivity index (χ3n) is 3.13. The number of hydrogen-bond acceptors (Lipinski definition) is 3. The predicted molar refractivity (Wildman–Crippen MR) is 64.3 cm³/mol. The Morgan fingerprint density at radius 2 is 2.06 bits per heavy atom. The number of anilines is 1. The summed E-state index contributed by atoms with van der Waals surface area (Å²) < 4.78 is 0. The highest BCUT2D eigenvalue weighted by molar-refractivity contribution is 5.99. The molecule has 5 N–H and O–H groups in total. The minimum Gasteiger partial charge on any atom is -0.366 e. The van der Waals surface area contributed by atoms with Crippen molar-refractivity contribution >= 4 is 17.5 Å². The number of benzene rings is 1. The maximum Gasteiger partial charge on any atom is 0.248 e. The molecule has 90 valence electrons. The van der Waals surface area contributed by atoms with Gasteiger partial charge in [-0.2, -0.15) is 0 Å². The molecule has 1 aliphatic carbocycles. The monoisotopic (exact) mass is 233 g/mol. The van der Waals surface area contributed by atoms with E-state index in [1.165, 1.54) is 0 Å². The van der Waals surface area contributed by atoms with Crippen LogP contribution < -0.4 is 16.8 Å². The van der Waals surface area contributed by atoms with Crippen molar-refractivity contribution in [1.29, 1.82) is 0 Å². The van der Waals surface area contributed by atoms with E-state index >= 15 is 0 Å². The van der Waals surface area contributed by atoms with Crippen LogP contribution in [-0.4, -0.2) is 18.4 Å². The summed E-state index contributed by atoms with van der Waals surface area (Å²) in [4.78, 5) is 22.9. The highest BCUT2D eigenvalue weighted by Gasteiger charge is 2.48. The molecule has 0 bridgehead atoms. The lowest BCUT2D eigenvalue weighted by atomic mass is 10.1. The third kappa shape index (κ3) is 2.29. The summed E-state index contributed by atoms with van der Waals surface area (Å²) in [5.41, 5.74) is 11.3. The minimum absolute atomic E-state index is 0.0818. The first-order valence-corrected chi connectivity index (χ1v) is 5.49. The Hall–Kier alpha value is -1.88. The second-order valence-corrected chi connectivity index (χ2v) is 4.38. The van der Waals surface area contributed by atoms with Crippen LogP contribution in [0.15, 0.2) is 24.3 Å². The van der Waals surface area contributed by atoms with Gasteiger partial charge in [0.05, 0.1) is 5.41 Å². The van der Waals surface area contributed by atoms with Crippen molar-refractivity contribution in [1.82, 2.24) is 0 Å². The zero-order valence-electron chi connectivity index (χ0n) is 9.40. The standard InChI is InChI=1S/C12H15N3O2/c13-7-12(4-5-12)11(17)15-9-3-1-2-8(6-9)10(14)16/h1-3,6H,4-5,7,13H2,(H2,14,16)(H,15,17). The normalized spacial score (nSPS) is 16.3. The van der Waals surface area contributed by atoms with Crippen LogP contribution in [0.2, 0.25) is 0 Å². The van der Waals surface area contributed by atoms with Gasteiger partial charge in [-0.15, -0.1) is 0 Å². The molecule has 2 rings (SSSR count). The summed E-state index contributed by atoms with van der Waals surface area (Å²) in [5.74, 6) is -0.595. The Bertz CT molecular complexity index is 467. The van der Waals surface area contributed by atoms with Gasteiger partial charge in [-0.1, -0.05) is 6.07 Å². The first kappa shape index (κ1) is 11.6. The molecule has 0 radical (unpaired) electrons. The van der Waals surface area contributed by atoms with Crippen molar-refractivity contribution < 1.29 is 9.59 Å². The molecule has 1 saturated carbocycles. The number of nitrogens with one attached hydrogen (secondary N) is 1. The lowest BCUT2D eigenvalue weighted by Crippen LogP contribution is -2.30. The molecule has 1 aromatic carbocycles. The highest BCUT2D eigenvalue weighted by atomic mass is 16.2. The van der Waals surface area contributed by atoms with Crippen LogP contribution in [0.4, 0.5) is 5.69 Å². The van der Waals surface area contributed by atoms with Crippen molar-refractivity contribution in [3.05, 3.63) is 29.8 Å².